The molecule has 0 saturated carbocycles. The molecule has 0 bridgehead atoms. The van der Waals surface area contributed by atoms with Gasteiger partial charge in [-0.15, -0.1) is 0 Å². The average Bonchev–Trinajstić information content (AvgIpc) is 3.04. The van der Waals surface area contributed by atoms with Gasteiger partial charge in [-0.3, -0.25) is 0 Å². The van der Waals surface area contributed by atoms with Gasteiger partial charge < -0.3 is 10.3 Å². The number of fused-ring (bicyclic) bond motifs is 1. The zero-order chi connectivity index (χ0) is 17.4. The second-order valence-electron chi connectivity index (χ2n) is 5.76. The molecule has 2 heterocycles. The summed E-state index contributed by atoms with van der Waals surface area (Å²) in [5.41, 5.74) is 4.40. The molecule has 2 N–H and O–H groups in total. The Morgan fingerprint density at radius 1 is 1.08 bits per heavy atom. The predicted molar refractivity (Wildman–Crippen MR) is 98.8 cm³/mol. The zero-order valence-electron chi connectivity index (χ0n) is 13.3. The first-order valence-corrected chi connectivity index (χ1v) is 8.12. The number of imidazole rings is 1. The molecule has 4 rings (SSSR count). The van der Waals surface area contributed by atoms with Crippen LogP contribution in [0.25, 0.3) is 22.4 Å². The number of nitrogens with one attached hydrogen (secondary N) is 2. The molecule has 124 valence electrons. The lowest BCUT2D eigenvalue weighted by molar-refractivity contribution is 0.628. The predicted octanol–water partition coefficient (Wildman–Crippen LogP) is 5.47. The van der Waals surface area contributed by atoms with Crippen LogP contribution in [-0.2, 0) is 0 Å². The SMILES string of the molecule is Cc1ccc(-c2nc3c(Nc4ccc(F)c(Cl)c4)nccc3[nH]2)cc1. The molecule has 2 aromatic heterocycles. The van der Waals surface area contributed by atoms with E-state index < -0.39 is 5.82 Å². The Kier molecular flexibility index (Phi) is 3.86. The molecule has 4 aromatic rings. The second kappa shape index (κ2) is 6.18. The maximum absolute atomic E-state index is 13.3. The van der Waals surface area contributed by atoms with Gasteiger partial charge >= 0.3 is 0 Å². The normalized spacial score (nSPS) is 11.0. The summed E-state index contributed by atoms with van der Waals surface area (Å²) in [7, 11) is 0. The van der Waals surface area contributed by atoms with E-state index in [9.17, 15) is 4.39 Å². The average molecular weight is 353 g/mol. The molecule has 6 heteroatoms. The number of benzene rings is 2. The monoisotopic (exact) mass is 352 g/mol. The van der Waals surface area contributed by atoms with Crippen LogP contribution in [0.2, 0.25) is 5.02 Å². The van der Waals surface area contributed by atoms with Gasteiger partial charge in [0.15, 0.2) is 5.82 Å². The molecular formula is C19H14ClFN4. The molecular weight excluding hydrogens is 339 g/mol. The lowest BCUT2D eigenvalue weighted by Gasteiger charge is -2.06. The van der Waals surface area contributed by atoms with Crippen molar-refractivity contribution in [3.8, 4) is 11.4 Å². The van der Waals surface area contributed by atoms with E-state index in [2.05, 4.69) is 20.3 Å². The van der Waals surface area contributed by atoms with Crippen LogP contribution >= 0.6 is 11.6 Å². The number of hydrogen-bond donors (Lipinski definition) is 2. The molecule has 0 aliphatic rings. The van der Waals surface area contributed by atoms with Crippen molar-refractivity contribution < 1.29 is 4.39 Å². The summed E-state index contributed by atoms with van der Waals surface area (Å²) in [6, 6.07) is 14.4. The Bertz CT molecular complexity index is 1060. The molecule has 0 atom stereocenters. The number of pyridine rings is 1. The van der Waals surface area contributed by atoms with Crippen LogP contribution in [-0.4, -0.2) is 15.0 Å². The first kappa shape index (κ1) is 15.6. The minimum Gasteiger partial charge on any atom is -0.338 e. The van der Waals surface area contributed by atoms with E-state index in [0.717, 1.165) is 16.9 Å². The number of anilines is 2. The Labute approximate surface area is 148 Å². The van der Waals surface area contributed by atoms with Gasteiger partial charge in [-0.05, 0) is 31.2 Å². The highest BCUT2D eigenvalue weighted by molar-refractivity contribution is 6.31. The van der Waals surface area contributed by atoms with Crippen molar-refractivity contribution in [2.45, 2.75) is 6.92 Å². The first-order valence-electron chi connectivity index (χ1n) is 7.74. The number of halogens is 2. The topological polar surface area (TPSA) is 53.6 Å². The molecule has 0 fully saturated rings. The van der Waals surface area contributed by atoms with Crippen molar-refractivity contribution in [1.82, 2.24) is 15.0 Å². The number of nitrogens with zero attached hydrogens (tertiary/aromatic N) is 2. The standard InChI is InChI=1S/C19H14ClFN4/c1-11-2-4-12(5-3-11)18-24-16-8-9-22-19(17(16)25-18)23-13-6-7-15(21)14(20)10-13/h2-10H,1H3,(H,22,23)(H,24,25). The van der Waals surface area contributed by atoms with Crippen molar-refractivity contribution in [2.24, 2.45) is 0 Å². The molecule has 2 aromatic carbocycles. The van der Waals surface area contributed by atoms with E-state index in [-0.39, 0.29) is 5.02 Å². The summed E-state index contributed by atoms with van der Waals surface area (Å²) in [5, 5.41) is 3.20. The van der Waals surface area contributed by atoms with Crippen LogP contribution in [0.15, 0.2) is 54.7 Å². The van der Waals surface area contributed by atoms with Crippen molar-refractivity contribution in [1.29, 1.82) is 0 Å². The van der Waals surface area contributed by atoms with E-state index in [1.807, 2.05) is 37.3 Å². The van der Waals surface area contributed by atoms with Gasteiger partial charge in [0.05, 0.1) is 10.5 Å². The van der Waals surface area contributed by atoms with Crippen molar-refractivity contribution >= 4 is 34.1 Å². The fraction of sp³-hybridized carbons (Fsp3) is 0.0526. The fourth-order valence-corrected chi connectivity index (χ4v) is 2.77. The molecule has 4 nitrogen and oxygen atoms in total. The van der Waals surface area contributed by atoms with Crippen molar-refractivity contribution in [2.75, 3.05) is 5.32 Å². The van der Waals surface area contributed by atoms with Gasteiger partial charge in [-0.2, -0.15) is 0 Å². The molecule has 0 amide bonds. The summed E-state index contributed by atoms with van der Waals surface area (Å²) in [5.74, 6) is 0.887. The van der Waals surface area contributed by atoms with Gasteiger partial charge in [0.25, 0.3) is 0 Å². The summed E-state index contributed by atoms with van der Waals surface area (Å²) in [6.07, 6.45) is 1.69. The summed E-state index contributed by atoms with van der Waals surface area (Å²) < 4.78 is 13.3. The number of aromatic amines is 1. The van der Waals surface area contributed by atoms with Gasteiger partial charge in [-0.1, -0.05) is 41.4 Å². The fourth-order valence-electron chi connectivity index (χ4n) is 2.59. The highest BCUT2D eigenvalue weighted by atomic mass is 35.5. The second-order valence-corrected chi connectivity index (χ2v) is 6.17. The quantitative estimate of drug-likeness (QED) is 0.514. The van der Waals surface area contributed by atoms with Crippen LogP contribution in [0, 0.1) is 12.7 Å². The molecule has 0 radical (unpaired) electrons. The minimum absolute atomic E-state index is 0.0551. The minimum atomic E-state index is -0.459. The first-order chi connectivity index (χ1) is 12.1. The highest BCUT2D eigenvalue weighted by Gasteiger charge is 2.11. The lowest BCUT2D eigenvalue weighted by atomic mass is 10.1. The highest BCUT2D eigenvalue weighted by Crippen LogP contribution is 2.28. The van der Waals surface area contributed by atoms with Gasteiger partial charge in [0.1, 0.15) is 17.2 Å². The molecule has 0 saturated heterocycles. The van der Waals surface area contributed by atoms with Crippen molar-refractivity contribution in [3.63, 3.8) is 0 Å². The van der Waals surface area contributed by atoms with E-state index in [1.54, 1.807) is 12.3 Å². The molecule has 0 spiro atoms. The smallest absolute Gasteiger partial charge is 0.158 e. The van der Waals surface area contributed by atoms with Crippen LogP contribution in [0.1, 0.15) is 5.56 Å². The van der Waals surface area contributed by atoms with Gasteiger partial charge in [-0.25, -0.2) is 14.4 Å². The molecule has 0 aliphatic carbocycles. The number of hydrogen-bond acceptors (Lipinski definition) is 3. The number of H-pyrrole nitrogens is 1. The third-order valence-corrected chi connectivity index (χ3v) is 4.20. The largest absolute Gasteiger partial charge is 0.338 e. The number of rotatable bonds is 3. The summed E-state index contributed by atoms with van der Waals surface area (Å²) >= 11 is 5.84. The molecule has 0 unspecified atom stereocenters. The van der Waals surface area contributed by atoms with E-state index >= 15 is 0 Å². The maximum Gasteiger partial charge on any atom is 0.158 e. The molecule has 0 aliphatic heterocycles. The van der Waals surface area contributed by atoms with E-state index in [1.165, 1.54) is 17.7 Å². The van der Waals surface area contributed by atoms with E-state index in [4.69, 9.17) is 11.6 Å². The van der Waals surface area contributed by atoms with Crippen LogP contribution in [0.4, 0.5) is 15.9 Å². The van der Waals surface area contributed by atoms with Gasteiger partial charge in [0, 0.05) is 17.4 Å². The molecule has 25 heavy (non-hydrogen) atoms. The third-order valence-electron chi connectivity index (χ3n) is 3.91. The van der Waals surface area contributed by atoms with Crippen molar-refractivity contribution in [3.05, 3.63) is 71.1 Å². The van der Waals surface area contributed by atoms with Crippen LogP contribution < -0.4 is 5.32 Å². The summed E-state index contributed by atoms with van der Waals surface area (Å²) in [6.45, 7) is 2.04. The van der Waals surface area contributed by atoms with Crippen LogP contribution in [0.3, 0.4) is 0 Å². The Morgan fingerprint density at radius 2 is 1.88 bits per heavy atom. The number of aromatic nitrogens is 3. The van der Waals surface area contributed by atoms with E-state index in [0.29, 0.717) is 17.0 Å². The maximum atomic E-state index is 13.3. The lowest BCUT2D eigenvalue weighted by Crippen LogP contribution is -1.95. The number of aryl methyl sites for hydroxylation is 1. The Morgan fingerprint density at radius 3 is 2.64 bits per heavy atom. The zero-order valence-corrected chi connectivity index (χ0v) is 14.1. The Balaban J connectivity index is 1.74. The Hall–Kier alpha value is -2.92. The van der Waals surface area contributed by atoms with Crippen LogP contribution in [0.5, 0.6) is 0 Å². The van der Waals surface area contributed by atoms with Gasteiger partial charge in [0.2, 0.25) is 0 Å². The third kappa shape index (κ3) is 3.06. The summed E-state index contributed by atoms with van der Waals surface area (Å²) in [4.78, 5) is 12.3.